The Bertz CT molecular complexity index is 476. The SMILES string of the molecule is C[C@@]12CCN(C(=O)c3ccncc3)[C@@H]1CC[C@@H](O)C2. The van der Waals surface area contributed by atoms with Crippen LogP contribution >= 0.6 is 0 Å². The molecule has 3 atom stereocenters. The van der Waals surface area contributed by atoms with Gasteiger partial charge in [0.25, 0.3) is 5.91 Å². The summed E-state index contributed by atoms with van der Waals surface area (Å²) in [6.07, 6.45) is 6.65. The Morgan fingerprint density at radius 3 is 2.89 bits per heavy atom. The molecule has 1 aliphatic heterocycles. The van der Waals surface area contributed by atoms with Crippen LogP contribution in [0.1, 0.15) is 43.0 Å². The minimum Gasteiger partial charge on any atom is -0.393 e. The van der Waals surface area contributed by atoms with Crippen LogP contribution < -0.4 is 0 Å². The van der Waals surface area contributed by atoms with Gasteiger partial charge >= 0.3 is 0 Å². The van der Waals surface area contributed by atoms with Crippen molar-refractivity contribution in [2.75, 3.05) is 6.54 Å². The van der Waals surface area contributed by atoms with Gasteiger partial charge in [0.1, 0.15) is 0 Å². The molecule has 1 aliphatic carbocycles. The van der Waals surface area contributed by atoms with E-state index in [1.54, 1.807) is 24.5 Å². The largest absolute Gasteiger partial charge is 0.393 e. The lowest BCUT2D eigenvalue weighted by Gasteiger charge is -2.41. The summed E-state index contributed by atoms with van der Waals surface area (Å²) in [4.78, 5) is 18.5. The molecule has 0 radical (unpaired) electrons. The summed E-state index contributed by atoms with van der Waals surface area (Å²) in [5.74, 6) is 0.104. The molecule has 1 amide bonds. The number of amides is 1. The van der Waals surface area contributed by atoms with Crippen molar-refractivity contribution in [1.29, 1.82) is 0 Å². The number of hydrogen-bond acceptors (Lipinski definition) is 3. The molecule has 2 fully saturated rings. The van der Waals surface area contributed by atoms with Crippen LogP contribution in [0.4, 0.5) is 0 Å². The molecule has 0 unspecified atom stereocenters. The second kappa shape index (κ2) is 4.60. The Labute approximate surface area is 113 Å². The van der Waals surface area contributed by atoms with E-state index in [0.717, 1.165) is 32.2 Å². The average Bonchev–Trinajstić information content (AvgIpc) is 2.75. The summed E-state index contributed by atoms with van der Waals surface area (Å²) in [6.45, 7) is 3.01. The molecule has 1 N–H and O–H groups in total. The lowest BCUT2D eigenvalue weighted by Crippen LogP contribution is -2.46. The van der Waals surface area contributed by atoms with Gasteiger partial charge in [0.15, 0.2) is 0 Å². The number of aliphatic hydroxyl groups is 1. The van der Waals surface area contributed by atoms with Crippen LogP contribution in [0.2, 0.25) is 0 Å². The highest BCUT2D eigenvalue weighted by atomic mass is 16.3. The van der Waals surface area contributed by atoms with Crippen LogP contribution in [0.15, 0.2) is 24.5 Å². The first-order valence-corrected chi connectivity index (χ1v) is 6.99. The molecular formula is C15H20N2O2. The van der Waals surface area contributed by atoms with Gasteiger partial charge in [-0.25, -0.2) is 0 Å². The maximum absolute atomic E-state index is 12.6. The molecule has 3 rings (SSSR count). The van der Waals surface area contributed by atoms with Crippen molar-refractivity contribution in [2.24, 2.45) is 5.41 Å². The summed E-state index contributed by atoms with van der Waals surface area (Å²) in [6, 6.07) is 3.82. The normalized spacial score (nSPS) is 34.1. The van der Waals surface area contributed by atoms with Crippen LogP contribution in [0, 0.1) is 5.41 Å². The maximum atomic E-state index is 12.6. The number of aromatic nitrogens is 1. The van der Waals surface area contributed by atoms with Gasteiger partial charge in [0, 0.05) is 30.5 Å². The predicted octanol–water partition coefficient (Wildman–Crippen LogP) is 1.85. The monoisotopic (exact) mass is 260 g/mol. The van der Waals surface area contributed by atoms with Crippen molar-refractivity contribution < 1.29 is 9.90 Å². The van der Waals surface area contributed by atoms with Gasteiger partial charge in [0.05, 0.1) is 6.10 Å². The molecular weight excluding hydrogens is 240 g/mol. The zero-order valence-electron chi connectivity index (χ0n) is 11.2. The number of likely N-dealkylation sites (tertiary alicyclic amines) is 1. The van der Waals surface area contributed by atoms with Crippen molar-refractivity contribution in [3.8, 4) is 0 Å². The molecule has 1 saturated carbocycles. The van der Waals surface area contributed by atoms with Gasteiger partial charge in [-0.3, -0.25) is 9.78 Å². The molecule has 4 nitrogen and oxygen atoms in total. The molecule has 4 heteroatoms. The number of rotatable bonds is 1. The van der Waals surface area contributed by atoms with Crippen molar-refractivity contribution in [2.45, 2.75) is 44.8 Å². The third-order valence-electron chi connectivity index (χ3n) is 4.77. The van der Waals surface area contributed by atoms with Gasteiger partial charge in [-0.15, -0.1) is 0 Å². The minimum absolute atomic E-state index is 0.0837. The van der Waals surface area contributed by atoms with Crippen molar-refractivity contribution in [3.05, 3.63) is 30.1 Å². The molecule has 1 saturated heterocycles. The number of aliphatic hydroxyl groups excluding tert-OH is 1. The third-order valence-corrected chi connectivity index (χ3v) is 4.77. The van der Waals surface area contributed by atoms with Gasteiger partial charge in [0.2, 0.25) is 0 Å². The van der Waals surface area contributed by atoms with Crippen LogP contribution in [0.3, 0.4) is 0 Å². The van der Waals surface area contributed by atoms with Crippen LogP contribution in [0.25, 0.3) is 0 Å². The van der Waals surface area contributed by atoms with E-state index < -0.39 is 0 Å². The van der Waals surface area contributed by atoms with E-state index in [1.807, 2.05) is 4.90 Å². The summed E-state index contributed by atoms with van der Waals surface area (Å²) in [7, 11) is 0. The third kappa shape index (κ3) is 2.14. The Hall–Kier alpha value is -1.42. The first kappa shape index (κ1) is 12.6. The molecule has 19 heavy (non-hydrogen) atoms. The van der Waals surface area contributed by atoms with Gasteiger partial charge < -0.3 is 10.0 Å². The number of fused-ring (bicyclic) bond motifs is 1. The first-order chi connectivity index (χ1) is 9.10. The second-order valence-electron chi connectivity index (χ2n) is 6.09. The Kier molecular flexibility index (Phi) is 3.05. The highest BCUT2D eigenvalue weighted by molar-refractivity contribution is 5.94. The summed E-state index contributed by atoms with van der Waals surface area (Å²) in [5, 5.41) is 9.85. The zero-order valence-corrected chi connectivity index (χ0v) is 11.2. The number of nitrogens with zero attached hydrogens (tertiary/aromatic N) is 2. The van der Waals surface area contributed by atoms with E-state index in [1.165, 1.54) is 0 Å². The summed E-state index contributed by atoms with van der Waals surface area (Å²) in [5.41, 5.74) is 0.797. The van der Waals surface area contributed by atoms with Crippen LogP contribution in [-0.2, 0) is 0 Å². The molecule has 1 aromatic heterocycles. The quantitative estimate of drug-likeness (QED) is 0.838. The summed E-state index contributed by atoms with van der Waals surface area (Å²) >= 11 is 0. The van der Waals surface area contributed by atoms with Gasteiger partial charge in [-0.2, -0.15) is 0 Å². The topological polar surface area (TPSA) is 53.4 Å². The lowest BCUT2D eigenvalue weighted by atomic mass is 9.71. The van der Waals surface area contributed by atoms with Crippen LogP contribution in [-0.4, -0.2) is 39.6 Å². The highest BCUT2D eigenvalue weighted by Crippen LogP contribution is 2.46. The fourth-order valence-corrected chi connectivity index (χ4v) is 3.71. The molecule has 2 aliphatic rings. The molecule has 1 aromatic rings. The smallest absolute Gasteiger partial charge is 0.254 e. The maximum Gasteiger partial charge on any atom is 0.254 e. The molecule has 2 heterocycles. The standard InChI is InChI=1S/C15H20N2O2/c1-15-6-9-17(13(15)3-2-12(18)10-15)14(19)11-4-7-16-8-5-11/h4-5,7-8,12-13,18H,2-3,6,9-10H2,1H3/t12-,13-,15+/m1/s1. The fraction of sp³-hybridized carbons (Fsp3) is 0.600. The van der Waals surface area contributed by atoms with E-state index in [9.17, 15) is 9.90 Å². The Morgan fingerprint density at radius 1 is 1.42 bits per heavy atom. The number of carbonyl (C=O) groups is 1. The van der Waals surface area contributed by atoms with Crippen molar-refractivity contribution in [3.63, 3.8) is 0 Å². The minimum atomic E-state index is -0.197. The molecule has 102 valence electrons. The number of hydrogen-bond donors (Lipinski definition) is 1. The van der Waals surface area contributed by atoms with Crippen molar-refractivity contribution in [1.82, 2.24) is 9.88 Å². The van der Waals surface area contributed by atoms with E-state index in [0.29, 0.717) is 5.56 Å². The Balaban J connectivity index is 1.82. The number of pyridine rings is 1. The summed E-state index contributed by atoms with van der Waals surface area (Å²) < 4.78 is 0. The highest BCUT2D eigenvalue weighted by Gasteiger charge is 2.48. The van der Waals surface area contributed by atoms with Gasteiger partial charge in [-0.05, 0) is 43.2 Å². The van der Waals surface area contributed by atoms with Gasteiger partial charge in [-0.1, -0.05) is 6.92 Å². The zero-order chi connectivity index (χ0) is 13.5. The predicted molar refractivity (Wildman–Crippen MR) is 71.6 cm³/mol. The van der Waals surface area contributed by atoms with E-state index >= 15 is 0 Å². The molecule has 0 spiro atoms. The lowest BCUT2D eigenvalue weighted by molar-refractivity contribution is 0.0211. The number of carbonyl (C=O) groups excluding carboxylic acids is 1. The van der Waals surface area contributed by atoms with E-state index in [-0.39, 0.29) is 23.5 Å². The van der Waals surface area contributed by atoms with E-state index in [2.05, 4.69) is 11.9 Å². The molecule has 0 aromatic carbocycles. The Morgan fingerprint density at radius 2 is 2.16 bits per heavy atom. The first-order valence-electron chi connectivity index (χ1n) is 6.99. The molecule has 0 bridgehead atoms. The second-order valence-corrected chi connectivity index (χ2v) is 6.09. The fourth-order valence-electron chi connectivity index (χ4n) is 3.71. The van der Waals surface area contributed by atoms with E-state index in [4.69, 9.17) is 0 Å². The van der Waals surface area contributed by atoms with Crippen molar-refractivity contribution >= 4 is 5.91 Å². The average molecular weight is 260 g/mol. The van der Waals surface area contributed by atoms with Crippen LogP contribution in [0.5, 0.6) is 0 Å².